The molecule has 6 heteroatoms. The second kappa shape index (κ2) is 6.99. The van der Waals surface area contributed by atoms with Crippen molar-refractivity contribution >= 4 is 11.8 Å². The van der Waals surface area contributed by atoms with Gasteiger partial charge in [-0.25, -0.2) is 0 Å². The molecular formula is C20H27N3O3. The molecule has 2 saturated heterocycles. The zero-order valence-corrected chi connectivity index (χ0v) is 15.1. The fourth-order valence-electron chi connectivity index (χ4n) is 4.61. The van der Waals surface area contributed by atoms with Gasteiger partial charge in [0.05, 0.1) is 17.4 Å². The van der Waals surface area contributed by atoms with E-state index in [9.17, 15) is 9.59 Å². The van der Waals surface area contributed by atoms with Crippen LogP contribution in [0.1, 0.15) is 44.1 Å². The predicted octanol–water partition coefficient (Wildman–Crippen LogP) is 1.63. The summed E-state index contributed by atoms with van der Waals surface area (Å²) in [5, 5.41) is 0. The third kappa shape index (κ3) is 3.22. The van der Waals surface area contributed by atoms with E-state index < -0.39 is 0 Å². The Bertz CT molecular complexity index is 666. The molecular weight excluding hydrogens is 330 g/mol. The molecule has 1 aliphatic carbocycles. The lowest BCUT2D eigenvalue weighted by Gasteiger charge is -2.35. The van der Waals surface area contributed by atoms with Crippen LogP contribution in [0.5, 0.6) is 0 Å². The van der Waals surface area contributed by atoms with Crippen molar-refractivity contribution in [2.75, 3.05) is 19.7 Å². The Labute approximate surface area is 154 Å². The van der Waals surface area contributed by atoms with E-state index in [0.717, 1.165) is 57.2 Å². The summed E-state index contributed by atoms with van der Waals surface area (Å²) in [4.78, 5) is 30.8. The van der Waals surface area contributed by atoms with Crippen LogP contribution >= 0.6 is 0 Å². The van der Waals surface area contributed by atoms with Gasteiger partial charge >= 0.3 is 0 Å². The molecule has 140 valence electrons. The highest BCUT2D eigenvalue weighted by molar-refractivity contribution is 5.91. The SMILES string of the molecule is NC(=O)[C@@H]1CCO[C@@H]1CC1CCN(C(=O)C2(c3cccnc3)CC2)CC1. The lowest BCUT2D eigenvalue weighted by atomic mass is 9.86. The summed E-state index contributed by atoms with van der Waals surface area (Å²) in [6.45, 7) is 2.21. The smallest absolute Gasteiger partial charge is 0.233 e. The number of pyridine rings is 1. The average molecular weight is 357 g/mol. The molecule has 0 unspecified atom stereocenters. The first-order valence-electron chi connectivity index (χ1n) is 9.71. The summed E-state index contributed by atoms with van der Waals surface area (Å²) in [5.74, 6) is 0.371. The van der Waals surface area contributed by atoms with E-state index in [1.807, 2.05) is 23.2 Å². The van der Waals surface area contributed by atoms with Gasteiger partial charge in [0.2, 0.25) is 11.8 Å². The Balaban J connectivity index is 1.33. The molecule has 3 fully saturated rings. The first kappa shape index (κ1) is 17.5. The Hall–Kier alpha value is -1.95. The second-order valence-corrected chi connectivity index (χ2v) is 8.00. The van der Waals surface area contributed by atoms with Crippen molar-refractivity contribution in [3.63, 3.8) is 0 Å². The third-order valence-electron chi connectivity index (χ3n) is 6.42. The van der Waals surface area contributed by atoms with Gasteiger partial charge < -0.3 is 15.4 Å². The molecule has 2 amide bonds. The minimum atomic E-state index is -0.327. The molecule has 3 heterocycles. The molecule has 0 radical (unpaired) electrons. The first-order valence-corrected chi connectivity index (χ1v) is 9.71. The van der Waals surface area contributed by atoms with Crippen molar-refractivity contribution in [3.8, 4) is 0 Å². The van der Waals surface area contributed by atoms with Crippen LogP contribution in [0.15, 0.2) is 24.5 Å². The topological polar surface area (TPSA) is 85.5 Å². The lowest BCUT2D eigenvalue weighted by Crippen LogP contribution is -2.44. The third-order valence-corrected chi connectivity index (χ3v) is 6.42. The van der Waals surface area contributed by atoms with Gasteiger partial charge in [-0.3, -0.25) is 14.6 Å². The normalized spacial score (nSPS) is 28.1. The maximum atomic E-state index is 13.1. The number of rotatable bonds is 5. The molecule has 3 aliphatic rings. The van der Waals surface area contributed by atoms with Gasteiger partial charge in [0, 0.05) is 32.1 Å². The quantitative estimate of drug-likeness (QED) is 0.868. The number of aromatic nitrogens is 1. The number of nitrogens with zero attached hydrogens (tertiary/aromatic N) is 2. The van der Waals surface area contributed by atoms with Gasteiger partial charge in [0.25, 0.3) is 0 Å². The van der Waals surface area contributed by atoms with E-state index in [1.165, 1.54) is 0 Å². The summed E-state index contributed by atoms with van der Waals surface area (Å²) >= 11 is 0. The molecule has 2 N–H and O–H groups in total. The van der Waals surface area contributed by atoms with Crippen LogP contribution in [-0.4, -0.2) is 47.5 Å². The van der Waals surface area contributed by atoms with Gasteiger partial charge in [-0.2, -0.15) is 0 Å². The van der Waals surface area contributed by atoms with Crippen LogP contribution in [0.2, 0.25) is 0 Å². The molecule has 0 spiro atoms. The molecule has 4 rings (SSSR count). The van der Waals surface area contributed by atoms with E-state index >= 15 is 0 Å². The van der Waals surface area contributed by atoms with Crippen molar-refractivity contribution in [2.45, 2.75) is 50.0 Å². The van der Waals surface area contributed by atoms with Crippen LogP contribution < -0.4 is 5.73 Å². The van der Waals surface area contributed by atoms with Crippen LogP contribution in [0.3, 0.4) is 0 Å². The Morgan fingerprint density at radius 2 is 2.04 bits per heavy atom. The molecule has 1 aromatic heterocycles. The first-order chi connectivity index (χ1) is 12.6. The van der Waals surface area contributed by atoms with Crippen LogP contribution in [0.4, 0.5) is 0 Å². The molecule has 0 aromatic carbocycles. The highest BCUT2D eigenvalue weighted by atomic mass is 16.5. The number of likely N-dealkylation sites (tertiary alicyclic amines) is 1. The number of hydrogen-bond acceptors (Lipinski definition) is 4. The molecule has 1 aromatic rings. The summed E-state index contributed by atoms with van der Waals surface area (Å²) in [5.41, 5.74) is 6.21. The van der Waals surface area contributed by atoms with E-state index in [-0.39, 0.29) is 29.3 Å². The second-order valence-electron chi connectivity index (χ2n) is 8.00. The van der Waals surface area contributed by atoms with Gasteiger partial charge in [-0.15, -0.1) is 0 Å². The van der Waals surface area contributed by atoms with Crippen LogP contribution in [0.25, 0.3) is 0 Å². The number of ether oxygens (including phenoxy) is 1. The predicted molar refractivity (Wildman–Crippen MR) is 96.1 cm³/mol. The number of primary amides is 1. The van der Waals surface area contributed by atoms with E-state index in [2.05, 4.69) is 4.98 Å². The zero-order valence-electron chi connectivity index (χ0n) is 15.1. The number of carbonyl (C=O) groups excluding carboxylic acids is 2. The van der Waals surface area contributed by atoms with E-state index in [0.29, 0.717) is 12.5 Å². The molecule has 2 aliphatic heterocycles. The highest BCUT2D eigenvalue weighted by Crippen LogP contribution is 2.49. The van der Waals surface area contributed by atoms with Gasteiger partial charge in [-0.05, 0) is 56.1 Å². The largest absolute Gasteiger partial charge is 0.377 e. The van der Waals surface area contributed by atoms with Crippen LogP contribution in [0, 0.1) is 11.8 Å². The Kier molecular flexibility index (Phi) is 4.69. The summed E-state index contributed by atoms with van der Waals surface area (Å²) in [6.07, 6.45) is 8.96. The molecule has 26 heavy (non-hydrogen) atoms. The zero-order chi connectivity index (χ0) is 18.1. The van der Waals surface area contributed by atoms with Crippen molar-refractivity contribution < 1.29 is 14.3 Å². The minimum absolute atomic E-state index is 0.0371. The standard InChI is InChI=1S/C20H27N3O3/c21-18(24)16-5-11-26-17(16)12-14-3-9-23(10-4-14)19(25)20(6-7-20)15-2-1-8-22-13-15/h1-2,8,13-14,16-17H,3-7,9-12H2,(H2,21,24)/t16-,17-/m1/s1. The van der Waals surface area contributed by atoms with E-state index in [4.69, 9.17) is 10.5 Å². The average Bonchev–Trinajstić information content (AvgIpc) is 3.35. The van der Waals surface area contributed by atoms with Crippen molar-refractivity contribution in [2.24, 2.45) is 17.6 Å². The van der Waals surface area contributed by atoms with Gasteiger partial charge in [0.1, 0.15) is 0 Å². The summed E-state index contributed by atoms with van der Waals surface area (Å²) in [7, 11) is 0. The molecule has 6 nitrogen and oxygen atoms in total. The number of amides is 2. The maximum absolute atomic E-state index is 13.1. The summed E-state index contributed by atoms with van der Waals surface area (Å²) < 4.78 is 5.74. The Morgan fingerprint density at radius 3 is 2.65 bits per heavy atom. The van der Waals surface area contributed by atoms with E-state index in [1.54, 1.807) is 6.20 Å². The van der Waals surface area contributed by atoms with Gasteiger partial charge in [-0.1, -0.05) is 6.07 Å². The van der Waals surface area contributed by atoms with Crippen molar-refractivity contribution in [3.05, 3.63) is 30.1 Å². The van der Waals surface area contributed by atoms with Crippen LogP contribution in [-0.2, 0) is 19.7 Å². The number of nitrogens with two attached hydrogens (primary N) is 1. The van der Waals surface area contributed by atoms with Gasteiger partial charge in [0.15, 0.2) is 0 Å². The molecule has 0 bridgehead atoms. The number of carbonyl (C=O) groups is 2. The minimum Gasteiger partial charge on any atom is -0.377 e. The molecule has 1 saturated carbocycles. The monoisotopic (exact) mass is 357 g/mol. The number of hydrogen-bond donors (Lipinski definition) is 1. The lowest BCUT2D eigenvalue weighted by molar-refractivity contribution is -0.135. The highest BCUT2D eigenvalue weighted by Gasteiger charge is 2.53. The Morgan fingerprint density at radius 1 is 1.27 bits per heavy atom. The fraction of sp³-hybridized carbons (Fsp3) is 0.650. The van der Waals surface area contributed by atoms with Crippen molar-refractivity contribution in [1.29, 1.82) is 0 Å². The maximum Gasteiger partial charge on any atom is 0.233 e. The molecule has 2 atom stereocenters. The summed E-state index contributed by atoms with van der Waals surface area (Å²) in [6, 6.07) is 3.93. The number of piperidine rings is 1. The van der Waals surface area contributed by atoms with Crippen molar-refractivity contribution in [1.82, 2.24) is 9.88 Å². The fourth-order valence-corrected chi connectivity index (χ4v) is 4.61.